The molecule has 0 aromatic heterocycles. The highest BCUT2D eigenvalue weighted by Crippen LogP contribution is 2.13. The van der Waals surface area contributed by atoms with E-state index >= 15 is 0 Å². The summed E-state index contributed by atoms with van der Waals surface area (Å²) in [5.74, 6) is 0.491. The lowest BCUT2D eigenvalue weighted by Crippen LogP contribution is -2.28. The van der Waals surface area contributed by atoms with Gasteiger partial charge < -0.3 is 0 Å². The van der Waals surface area contributed by atoms with Crippen LogP contribution >= 0.6 is 15.9 Å². The van der Waals surface area contributed by atoms with Gasteiger partial charge in [-0.3, -0.25) is 9.69 Å². The van der Waals surface area contributed by atoms with Crippen LogP contribution in [-0.4, -0.2) is 24.3 Å². The third-order valence-corrected chi connectivity index (χ3v) is 3.42. The zero-order valence-electron chi connectivity index (χ0n) is 10.7. The maximum absolute atomic E-state index is 11.8. The van der Waals surface area contributed by atoms with Crippen molar-refractivity contribution in [2.45, 2.75) is 26.8 Å². The maximum Gasteiger partial charge on any atom is 0.149 e. The van der Waals surface area contributed by atoms with Gasteiger partial charge in [0.2, 0.25) is 0 Å². The Kier molecular flexibility index (Phi) is 5.86. The number of nitrogens with zero attached hydrogens (tertiary/aromatic N) is 1. The van der Waals surface area contributed by atoms with E-state index in [-0.39, 0.29) is 5.92 Å². The molecule has 0 fully saturated rings. The first kappa shape index (κ1) is 14.4. The number of carbonyl (C=O) groups is 1. The zero-order valence-corrected chi connectivity index (χ0v) is 12.3. The Labute approximate surface area is 112 Å². The van der Waals surface area contributed by atoms with Crippen LogP contribution in [0.5, 0.6) is 0 Å². The molecule has 3 heteroatoms. The largest absolute Gasteiger partial charge is 0.298 e. The Bertz CT molecular complexity index is 378. The summed E-state index contributed by atoms with van der Waals surface area (Å²) in [7, 11) is 1.99. The highest BCUT2D eigenvalue weighted by molar-refractivity contribution is 9.10. The molecule has 17 heavy (non-hydrogen) atoms. The molecule has 0 aliphatic heterocycles. The van der Waals surface area contributed by atoms with Crippen LogP contribution in [0, 0.1) is 5.92 Å². The highest BCUT2D eigenvalue weighted by Gasteiger charge is 2.13. The van der Waals surface area contributed by atoms with E-state index in [4.69, 9.17) is 0 Å². The average Bonchev–Trinajstić information content (AvgIpc) is 2.27. The number of likely N-dealkylation sites (N-methyl/N-ethyl adjacent to an activating group) is 1. The smallest absolute Gasteiger partial charge is 0.149 e. The van der Waals surface area contributed by atoms with E-state index in [0.29, 0.717) is 12.3 Å². The van der Waals surface area contributed by atoms with Crippen molar-refractivity contribution in [1.82, 2.24) is 4.90 Å². The summed E-state index contributed by atoms with van der Waals surface area (Å²) in [4.78, 5) is 13.9. The predicted molar refractivity (Wildman–Crippen MR) is 74.9 cm³/mol. The molecular weight excluding hydrogens is 278 g/mol. The van der Waals surface area contributed by atoms with Crippen molar-refractivity contribution < 1.29 is 4.79 Å². The molecule has 2 nitrogen and oxygen atoms in total. The lowest BCUT2D eigenvalue weighted by molar-refractivity contribution is -0.123. The van der Waals surface area contributed by atoms with Crippen LogP contribution < -0.4 is 0 Å². The lowest BCUT2D eigenvalue weighted by atomic mass is 10.0. The van der Waals surface area contributed by atoms with Crippen molar-refractivity contribution in [3.05, 3.63) is 34.3 Å². The maximum atomic E-state index is 11.8. The number of benzene rings is 1. The Morgan fingerprint density at radius 2 is 2.18 bits per heavy atom. The summed E-state index contributed by atoms with van der Waals surface area (Å²) < 4.78 is 1.08. The van der Waals surface area contributed by atoms with Crippen LogP contribution in [0.25, 0.3) is 0 Å². The van der Waals surface area contributed by atoms with E-state index in [9.17, 15) is 4.79 Å². The molecule has 0 saturated heterocycles. The molecule has 0 spiro atoms. The van der Waals surface area contributed by atoms with Crippen LogP contribution in [0.15, 0.2) is 28.7 Å². The van der Waals surface area contributed by atoms with E-state index in [2.05, 4.69) is 39.9 Å². The van der Waals surface area contributed by atoms with Gasteiger partial charge in [0.15, 0.2) is 0 Å². The van der Waals surface area contributed by atoms with Crippen LogP contribution in [0.3, 0.4) is 0 Å². The zero-order chi connectivity index (χ0) is 12.8. The third kappa shape index (κ3) is 5.00. The van der Waals surface area contributed by atoms with E-state index < -0.39 is 0 Å². The minimum absolute atomic E-state index is 0.167. The minimum atomic E-state index is 0.167. The monoisotopic (exact) mass is 297 g/mol. The summed E-state index contributed by atoms with van der Waals surface area (Å²) in [5, 5.41) is 0. The molecule has 1 aromatic carbocycles. The fraction of sp³-hybridized carbons (Fsp3) is 0.500. The molecule has 0 saturated carbocycles. The number of hydrogen-bond acceptors (Lipinski definition) is 2. The number of halogens is 1. The molecule has 0 aliphatic carbocycles. The van der Waals surface area contributed by atoms with Crippen LogP contribution in [0.4, 0.5) is 0 Å². The predicted octanol–water partition coefficient (Wildman–Crippen LogP) is 3.50. The quantitative estimate of drug-likeness (QED) is 0.801. The molecule has 1 unspecified atom stereocenters. The van der Waals surface area contributed by atoms with Crippen LogP contribution in [0.1, 0.15) is 25.8 Å². The number of carbonyl (C=O) groups excluding carboxylic acids is 1. The van der Waals surface area contributed by atoms with Gasteiger partial charge in [-0.25, -0.2) is 0 Å². The molecule has 0 radical (unpaired) electrons. The molecule has 1 atom stereocenters. The Hall–Kier alpha value is -0.670. The Morgan fingerprint density at radius 3 is 2.76 bits per heavy atom. The van der Waals surface area contributed by atoms with Crippen molar-refractivity contribution in [3.63, 3.8) is 0 Å². The lowest BCUT2D eigenvalue weighted by Gasteiger charge is -2.18. The summed E-state index contributed by atoms with van der Waals surface area (Å²) in [6.07, 6.45) is 0.920. The standard InChI is InChI=1S/C14H20BrNO/c1-4-11(2)14(17)10-16(3)9-12-6-5-7-13(15)8-12/h5-8,11H,4,9-10H2,1-3H3. The minimum Gasteiger partial charge on any atom is -0.298 e. The average molecular weight is 298 g/mol. The van der Waals surface area contributed by atoms with E-state index in [1.807, 2.05) is 26.1 Å². The third-order valence-electron chi connectivity index (χ3n) is 2.93. The summed E-state index contributed by atoms with van der Waals surface area (Å²) in [6, 6.07) is 8.19. The van der Waals surface area contributed by atoms with Gasteiger partial charge in [0.1, 0.15) is 5.78 Å². The molecule has 0 bridgehead atoms. The first-order chi connectivity index (χ1) is 8.02. The topological polar surface area (TPSA) is 20.3 Å². The van der Waals surface area contributed by atoms with E-state index in [1.54, 1.807) is 0 Å². The van der Waals surface area contributed by atoms with Gasteiger partial charge in [-0.1, -0.05) is 41.9 Å². The van der Waals surface area contributed by atoms with Gasteiger partial charge in [-0.05, 0) is 31.2 Å². The Morgan fingerprint density at radius 1 is 1.47 bits per heavy atom. The van der Waals surface area contributed by atoms with Gasteiger partial charge in [0, 0.05) is 16.9 Å². The normalized spacial score (nSPS) is 12.8. The molecule has 1 aromatic rings. The number of hydrogen-bond donors (Lipinski definition) is 0. The second-order valence-corrected chi connectivity index (χ2v) is 5.49. The first-order valence-corrected chi connectivity index (χ1v) is 6.78. The van der Waals surface area contributed by atoms with Crippen LogP contribution in [0.2, 0.25) is 0 Å². The molecule has 1 rings (SSSR count). The SMILES string of the molecule is CCC(C)C(=O)CN(C)Cc1cccc(Br)c1. The van der Waals surface area contributed by atoms with E-state index in [0.717, 1.165) is 17.4 Å². The molecule has 0 amide bonds. The number of Topliss-reactive ketones (excluding diaryl/α,β-unsaturated/α-hetero) is 1. The fourth-order valence-electron chi connectivity index (χ4n) is 1.65. The molecule has 0 heterocycles. The van der Waals surface area contributed by atoms with Crippen LogP contribution in [-0.2, 0) is 11.3 Å². The highest BCUT2D eigenvalue weighted by atomic mass is 79.9. The van der Waals surface area contributed by atoms with Gasteiger partial charge in [0.25, 0.3) is 0 Å². The summed E-state index contributed by atoms with van der Waals surface area (Å²) >= 11 is 3.45. The van der Waals surface area contributed by atoms with Crippen molar-refractivity contribution in [3.8, 4) is 0 Å². The fourth-order valence-corrected chi connectivity index (χ4v) is 2.10. The van der Waals surface area contributed by atoms with Crippen molar-refractivity contribution in [2.24, 2.45) is 5.92 Å². The molecule has 0 N–H and O–H groups in total. The summed E-state index contributed by atoms with van der Waals surface area (Å²) in [6.45, 7) is 5.38. The van der Waals surface area contributed by atoms with Crippen molar-refractivity contribution in [1.29, 1.82) is 0 Å². The molecule has 0 aliphatic rings. The Balaban J connectivity index is 2.50. The van der Waals surface area contributed by atoms with E-state index in [1.165, 1.54) is 5.56 Å². The van der Waals surface area contributed by atoms with Gasteiger partial charge in [-0.15, -0.1) is 0 Å². The summed E-state index contributed by atoms with van der Waals surface area (Å²) in [5.41, 5.74) is 1.22. The second-order valence-electron chi connectivity index (χ2n) is 4.58. The van der Waals surface area contributed by atoms with Gasteiger partial charge in [0.05, 0.1) is 6.54 Å². The molecule has 94 valence electrons. The number of ketones is 1. The van der Waals surface area contributed by atoms with Crippen molar-refractivity contribution >= 4 is 21.7 Å². The number of rotatable bonds is 6. The van der Waals surface area contributed by atoms with Gasteiger partial charge >= 0.3 is 0 Å². The van der Waals surface area contributed by atoms with Crippen molar-refractivity contribution in [2.75, 3.05) is 13.6 Å². The molecular formula is C14H20BrNO. The second kappa shape index (κ2) is 6.92. The first-order valence-electron chi connectivity index (χ1n) is 5.98. The van der Waals surface area contributed by atoms with Gasteiger partial charge in [-0.2, -0.15) is 0 Å².